The molecule has 7 heteroatoms. The van der Waals surface area contributed by atoms with E-state index in [9.17, 15) is 9.59 Å². The fourth-order valence-electron chi connectivity index (χ4n) is 0.540. The third-order valence-corrected chi connectivity index (χ3v) is 1.08. The molecular formula is C5H7N5O2. The molecule has 0 fully saturated rings. The lowest BCUT2D eigenvalue weighted by molar-refractivity contribution is -0.136. The standard InChI is InChI=1S/C5H7N5O2/c1-6-4(11)5(12)9-10-2-7-8-3-10/h2-3H,1H3,(H,6,11)(H,9,12). The van der Waals surface area contributed by atoms with Crippen molar-refractivity contribution in [1.82, 2.24) is 20.2 Å². The van der Waals surface area contributed by atoms with Crippen LogP contribution >= 0.6 is 0 Å². The van der Waals surface area contributed by atoms with Crippen molar-refractivity contribution >= 4 is 11.8 Å². The molecule has 2 N–H and O–H groups in total. The summed E-state index contributed by atoms with van der Waals surface area (Å²) in [6, 6.07) is 0. The maximum absolute atomic E-state index is 10.8. The van der Waals surface area contributed by atoms with E-state index in [1.54, 1.807) is 0 Å². The molecule has 0 aliphatic heterocycles. The smallest absolute Gasteiger partial charge is 0.328 e. The first-order valence-corrected chi connectivity index (χ1v) is 3.11. The van der Waals surface area contributed by atoms with E-state index < -0.39 is 11.8 Å². The quantitative estimate of drug-likeness (QED) is 0.480. The minimum atomic E-state index is -0.766. The van der Waals surface area contributed by atoms with Gasteiger partial charge in [0.2, 0.25) is 0 Å². The fourth-order valence-corrected chi connectivity index (χ4v) is 0.540. The molecule has 2 amide bonds. The van der Waals surface area contributed by atoms with Gasteiger partial charge in [-0.25, -0.2) is 4.68 Å². The fraction of sp³-hybridized carbons (Fsp3) is 0.200. The van der Waals surface area contributed by atoms with Crippen molar-refractivity contribution in [2.45, 2.75) is 0 Å². The Morgan fingerprint density at radius 1 is 1.25 bits per heavy atom. The summed E-state index contributed by atoms with van der Waals surface area (Å²) >= 11 is 0. The average Bonchev–Trinajstić information content (AvgIpc) is 2.55. The summed E-state index contributed by atoms with van der Waals surface area (Å²) in [6.45, 7) is 0. The maximum atomic E-state index is 10.8. The minimum absolute atomic E-state index is 0.719. The summed E-state index contributed by atoms with van der Waals surface area (Å²) < 4.78 is 1.18. The number of carbonyl (C=O) groups is 2. The number of nitrogens with one attached hydrogen (secondary N) is 2. The van der Waals surface area contributed by atoms with Gasteiger partial charge in [0.25, 0.3) is 0 Å². The van der Waals surface area contributed by atoms with Crippen molar-refractivity contribution in [3.05, 3.63) is 12.7 Å². The molecule has 1 heterocycles. The monoisotopic (exact) mass is 169 g/mol. The van der Waals surface area contributed by atoms with Crippen LogP contribution in [0.3, 0.4) is 0 Å². The lowest BCUT2D eigenvalue weighted by Gasteiger charge is -2.01. The van der Waals surface area contributed by atoms with Crippen LogP contribution in [0.5, 0.6) is 0 Å². The van der Waals surface area contributed by atoms with Crippen molar-refractivity contribution < 1.29 is 9.59 Å². The van der Waals surface area contributed by atoms with Crippen LogP contribution in [0.15, 0.2) is 12.7 Å². The van der Waals surface area contributed by atoms with Crippen LogP contribution in [0, 0.1) is 0 Å². The molecule has 0 unspecified atom stereocenters. The van der Waals surface area contributed by atoms with E-state index in [4.69, 9.17) is 0 Å². The number of hydrogen-bond donors (Lipinski definition) is 2. The van der Waals surface area contributed by atoms with Gasteiger partial charge in [0.05, 0.1) is 0 Å². The summed E-state index contributed by atoms with van der Waals surface area (Å²) in [6.07, 6.45) is 2.53. The molecule has 0 aliphatic rings. The Morgan fingerprint density at radius 3 is 2.33 bits per heavy atom. The Labute approximate surface area is 67.7 Å². The topological polar surface area (TPSA) is 88.9 Å². The van der Waals surface area contributed by atoms with E-state index in [0.29, 0.717) is 0 Å². The minimum Gasteiger partial charge on any atom is -0.351 e. The highest BCUT2D eigenvalue weighted by molar-refractivity contribution is 6.38. The van der Waals surface area contributed by atoms with Crippen LogP contribution in [0.2, 0.25) is 0 Å². The Kier molecular flexibility index (Phi) is 2.36. The molecular weight excluding hydrogens is 162 g/mol. The zero-order chi connectivity index (χ0) is 8.97. The Bertz CT molecular complexity index is 280. The largest absolute Gasteiger partial charge is 0.351 e. The predicted molar refractivity (Wildman–Crippen MR) is 38.5 cm³/mol. The lowest BCUT2D eigenvalue weighted by Crippen LogP contribution is -2.36. The molecule has 0 radical (unpaired) electrons. The lowest BCUT2D eigenvalue weighted by atomic mass is 10.6. The van der Waals surface area contributed by atoms with Gasteiger partial charge in [-0.1, -0.05) is 0 Å². The van der Waals surface area contributed by atoms with E-state index in [0.717, 1.165) is 0 Å². The van der Waals surface area contributed by atoms with Crippen molar-refractivity contribution in [2.24, 2.45) is 0 Å². The predicted octanol–water partition coefficient (Wildman–Crippen LogP) is -1.91. The summed E-state index contributed by atoms with van der Waals surface area (Å²) in [5.41, 5.74) is 2.21. The van der Waals surface area contributed by atoms with Crippen molar-refractivity contribution in [2.75, 3.05) is 12.5 Å². The van der Waals surface area contributed by atoms with Gasteiger partial charge < -0.3 is 5.32 Å². The van der Waals surface area contributed by atoms with Crippen molar-refractivity contribution in [3.63, 3.8) is 0 Å². The van der Waals surface area contributed by atoms with Crippen molar-refractivity contribution in [1.29, 1.82) is 0 Å². The molecule has 1 rings (SSSR count). The molecule has 7 nitrogen and oxygen atoms in total. The van der Waals surface area contributed by atoms with Gasteiger partial charge in [-0.05, 0) is 0 Å². The third-order valence-electron chi connectivity index (χ3n) is 1.08. The van der Waals surface area contributed by atoms with Crippen LogP contribution < -0.4 is 10.7 Å². The zero-order valence-corrected chi connectivity index (χ0v) is 6.31. The molecule has 0 saturated heterocycles. The number of carbonyl (C=O) groups excluding carboxylic acids is 2. The zero-order valence-electron chi connectivity index (χ0n) is 6.31. The third kappa shape index (κ3) is 1.78. The summed E-state index contributed by atoms with van der Waals surface area (Å²) in [7, 11) is 1.37. The Hall–Kier alpha value is -1.92. The molecule has 0 spiro atoms. The number of hydrogen-bond acceptors (Lipinski definition) is 4. The van der Waals surface area contributed by atoms with Gasteiger partial charge in [-0.3, -0.25) is 15.0 Å². The summed E-state index contributed by atoms with van der Waals surface area (Å²) in [5, 5.41) is 9.03. The number of amides is 2. The molecule has 1 aromatic rings. The van der Waals surface area contributed by atoms with E-state index in [1.807, 2.05) is 0 Å². The first kappa shape index (κ1) is 8.18. The van der Waals surface area contributed by atoms with Crippen LogP contribution in [-0.4, -0.2) is 33.7 Å². The number of nitrogens with zero attached hydrogens (tertiary/aromatic N) is 3. The maximum Gasteiger partial charge on any atom is 0.328 e. The number of rotatable bonds is 1. The SMILES string of the molecule is CNC(=O)C(=O)Nn1cnnc1. The van der Waals surface area contributed by atoms with E-state index >= 15 is 0 Å². The molecule has 0 atom stereocenters. The highest BCUT2D eigenvalue weighted by Gasteiger charge is 2.10. The van der Waals surface area contributed by atoms with Gasteiger partial charge in [0.1, 0.15) is 12.7 Å². The van der Waals surface area contributed by atoms with Crippen LogP contribution in [-0.2, 0) is 9.59 Å². The van der Waals surface area contributed by atoms with E-state index in [2.05, 4.69) is 20.9 Å². The number of aromatic nitrogens is 3. The van der Waals surface area contributed by atoms with Gasteiger partial charge in [0, 0.05) is 7.05 Å². The first-order chi connectivity index (χ1) is 5.74. The van der Waals surface area contributed by atoms with Gasteiger partial charge >= 0.3 is 11.8 Å². The summed E-state index contributed by atoms with van der Waals surface area (Å²) in [4.78, 5) is 21.5. The molecule has 1 aromatic heterocycles. The second kappa shape index (κ2) is 3.46. The van der Waals surface area contributed by atoms with Gasteiger partial charge in [-0.15, -0.1) is 10.2 Å². The number of likely N-dealkylation sites (N-methyl/N-ethyl adjacent to an activating group) is 1. The van der Waals surface area contributed by atoms with Gasteiger partial charge in [-0.2, -0.15) is 0 Å². The Morgan fingerprint density at radius 2 is 1.83 bits per heavy atom. The second-order valence-electron chi connectivity index (χ2n) is 1.89. The van der Waals surface area contributed by atoms with Crippen LogP contribution in [0.1, 0.15) is 0 Å². The molecule has 0 aromatic carbocycles. The van der Waals surface area contributed by atoms with Crippen LogP contribution in [0.25, 0.3) is 0 Å². The average molecular weight is 169 g/mol. The van der Waals surface area contributed by atoms with Crippen molar-refractivity contribution in [3.8, 4) is 0 Å². The molecule has 12 heavy (non-hydrogen) atoms. The van der Waals surface area contributed by atoms with E-state index in [1.165, 1.54) is 24.4 Å². The first-order valence-electron chi connectivity index (χ1n) is 3.11. The highest BCUT2D eigenvalue weighted by atomic mass is 16.2. The van der Waals surface area contributed by atoms with Gasteiger partial charge in [0.15, 0.2) is 0 Å². The van der Waals surface area contributed by atoms with E-state index in [-0.39, 0.29) is 0 Å². The normalized spacial score (nSPS) is 9.08. The Balaban J connectivity index is 2.53. The molecule has 64 valence electrons. The highest BCUT2D eigenvalue weighted by Crippen LogP contribution is 1.76. The molecule has 0 saturated carbocycles. The summed E-state index contributed by atoms with van der Waals surface area (Å²) in [5.74, 6) is -1.49. The van der Waals surface area contributed by atoms with Crippen LogP contribution in [0.4, 0.5) is 0 Å². The molecule has 0 bridgehead atoms. The molecule has 0 aliphatic carbocycles. The second-order valence-corrected chi connectivity index (χ2v) is 1.89.